The van der Waals surface area contributed by atoms with Crippen molar-refractivity contribution in [1.29, 1.82) is 0 Å². The number of unbranched alkanes of at least 4 members (excludes halogenated alkanes) is 2. The van der Waals surface area contributed by atoms with Gasteiger partial charge in [-0.3, -0.25) is 4.79 Å². The van der Waals surface area contributed by atoms with Crippen LogP contribution in [0, 0.1) is 5.92 Å². The molecule has 0 aromatic heterocycles. The summed E-state index contributed by atoms with van der Waals surface area (Å²) in [5.74, 6) is 1.99. The van der Waals surface area contributed by atoms with Gasteiger partial charge in [-0.2, -0.15) is 0 Å². The molecule has 0 heterocycles. The highest BCUT2D eigenvalue weighted by Gasteiger charge is 2.39. The third kappa shape index (κ3) is 2.54. The smallest absolute Gasteiger partial charge is 0.170 e. The van der Waals surface area contributed by atoms with E-state index >= 15 is 0 Å². The summed E-state index contributed by atoms with van der Waals surface area (Å²) >= 11 is 0. The van der Waals surface area contributed by atoms with Crippen molar-refractivity contribution in [2.45, 2.75) is 45.4 Å². The lowest BCUT2D eigenvalue weighted by atomic mass is 9.89. The van der Waals surface area contributed by atoms with Crippen LogP contribution in [0.2, 0.25) is 0 Å². The molecule has 1 aromatic carbocycles. The van der Waals surface area contributed by atoms with Crippen molar-refractivity contribution < 1.29 is 14.3 Å². The van der Waals surface area contributed by atoms with E-state index < -0.39 is 0 Å². The lowest BCUT2D eigenvalue weighted by Gasteiger charge is -2.14. The van der Waals surface area contributed by atoms with Gasteiger partial charge in [0.15, 0.2) is 5.78 Å². The third-order valence-corrected chi connectivity index (χ3v) is 4.36. The molecule has 1 aliphatic rings. The van der Waals surface area contributed by atoms with E-state index in [9.17, 15) is 4.79 Å². The van der Waals surface area contributed by atoms with Crippen LogP contribution in [-0.2, 0) is 0 Å². The summed E-state index contributed by atoms with van der Waals surface area (Å²) in [6.07, 6.45) is 4.45. The van der Waals surface area contributed by atoms with E-state index in [1.807, 2.05) is 6.07 Å². The normalized spacial score (nSPS) is 20.9. The molecule has 3 heteroatoms. The Morgan fingerprint density at radius 1 is 1.15 bits per heavy atom. The summed E-state index contributed by atoms with van der Waals surface area (Å²) in [6.45, 7) is 4.32. The number of hydrogen-bond acceptors (Lipinski definition) is 3. The van der Waals surface area contributed by atoms with Gasteiger partial charge in [-0.05, 0) is 24.0 Å². The van der Waals surface area contributed by atoms with Crippen molar-refractivity contribution in [3.05, 3.63) is 23.3 Å². The van der Waals surface area contributed by atoms with Gasteiger partial charge in [-0.25, -0.2) is 0 Å². The first-order valence-electron chi connectivity index (χ1n) is 7.44. The minimum Gasteiger partial charge on any atom is -0.497 e. The molecule has 1 aliphatic carbocycles. The van der Waals surface area contributed by atoms with Crippen LogP contribution in [-0.4, -0.2) is 20.0 Å². The Balaban J connectivity index is 2.32. The van der Waals surface area contributed by atoms with Gasteiger partial charge in [-0.1, -0.05) is 33.1 Å². The Morgan fingerprint density at radius 2 is 1.90 bits per heavy atom. The number of ether oxygens (including phenoxy) is 2. The number of ketones is 1. The predicted molar refractivity (Wildman–Crippen MR) is 79.9 cm³/mol. The van der Waals surface area contributed by atoms with Crippen LogP contribution in [0.3, 0.4) is 0 Å². The van der Waals surface area contributed by atoms with E-state index in [1.165, 1.54) is 12.8 Å². The van der Waals surface area contributed by atoms with Gasteiger partial charge < -0.3 is 9.47 Å². The minimum absolute atomic E-state index is 0.0950. The fourth-order valence-corrected chi connectivity index (χ4v) is 3.14. The highest BCUT2D eigenvalue weighted by molar-refractivity contribution is 6.05. The Morgan fingerprint density at radius 3 is 2.50 bits per heavy atom. The largest absolute Gasteiger partial charge is 0.497 e. The molecule has 110 valence electrons. The molecule has 1 aromatic rings. The van der Waals surface area contributed by atoms with E-state index in [1.54, 1.807) is 20.3 Å². The number of fused-ring (bicyclic) bond motifs is 1. The van der Waals surface area contributed by atoms with Crippen LogP contribution < -0.4 is 9.47 Å². The lowest BCUT2D eigenvalue weighted by molar-refractivity contribution is 0.0915. The highest BCUT2D eigenvalue weighted by atomic mass is 16.5. The number of Topliss-reactive ketones (excluding diaryl/α,β-unsaturated/α-hetero) is 1. The molecular weight excluding hydrogens is 252 g/mol. The molecule has 0 bridgehead atoms. The second-order valence-corrected chi connectivity index (χ2v) is 5.55. The maximum atomic E-state index is 12.7. The van der Waals surface area contributed by atoms with E-state index in [0.29, 0.717) is 5.75 Å². The van der Waals surface area contributed by atoms with Crippen molar-refractivity contribution >= 4 is 5.78 Å². The van der Waals surface area contributed by atoms with Crippen LogP contribution in [0.15, 0.2) is 12.1 Å². The van der Waals surface area contributed by atoms with Crippen molar-refractivity contribution in [3.63, 3.8) is 0 Å². The SMILES string of the molecule is CCCCC[C@@H]1C(=O)c2c(OC)cc(OC)cc2[C@@H]1C. The van der Waals surface area contributed by atoms with Gasteiger partial charge >= 0.3 is 0 Å². The molecule has 0 aliphatic heterocycles. The van der Waals surface area contributed by atoms with Crippen molar-refractivity contribution in [2.24, 2.45) is 5.92 Å². The first-order valence-corrected chi connectivity index (χ1v) is 7.44. The molecule has 0 fully saturated rings. The average molecular weight is 276 g/mol. The van der Waals surface area contributed by atoms with Gasteiger partial charge in [0.05, 0.1) is 19.8 Å². The lowest BCUT2D eigenvalue weighted by Crippen LogP contribution is -2.12. The van der Waals surface area contributed by atoms with Gasteiger partial charge in [0.2, 0.25) is 0 Å². The molecular formula is C17H24O3. The average Bonchev–Trinajstić information content (AvgIpc) is 2.71. The van der Waals surface area contributed by atoms with E-state index in [0.717, 1.165) is 29.7 Å². The molecule has 3 nitrogen and oxygen atoms in total. The molecule has 0 saturated heterocycles. The molecule has 0 spiro atoms. The third-order valence-electron chi connectivity index (χ3n) is 4.36. The van der Waals surface area contributed by atoms with Gasteiger partial charge in [0.1, 0.15) is 11.5 Å². The second-order valence-electron chi connectivity index (χ2n) is 5.55. The zero-order valence-electron chi connectivity index (χ0n) is 12.9. The minimum atomic E-state index is 0.0950. The van der Waals surface area contributed by atoms with E-state index in [-0.39, 0.29) is 17.6 Å². The summed E-state index contributed by atoms with van der Waals surface area (Å²) in [7, 11) is 3.25. The maximum Gasteiger partial charge on any atom is 0.170 e. The Kier molecular flexibility index (Phi) is 4.69. The number of carbonyl (C=O) groups excluding carboxylic acids is 1. The zero-order chi connectivity index (χ0) is 14.7. The van der Waals surface area contributed by atoms with E-state index in [4.69, 9.17) is 9.47 Å². The van der Waals surface area contributed by atoms with Crippen molar-refractivity contribution in [3.8, 4) is 11.5 Å². The van der Waals surface area contributed by atoms with Crippen LogP contribution in [0.1, 0.15) is 61.4 Å². The standard InChI is InChI=1S/C17H24O3/c1-5-6-7-8-13-11(2)14-9-12(19-3)10-15(20-4)16(14)17(13)18/h9-11,13H,5-8H2,1-4H3/t11-,13+/m1/s1. The summed E-state index contributed by atoms with van der Waals surface area (Å²) < 4.78 is 10.7. The molecule has 2 atom stereocenters. The fourth-order valence-electron chi connectivity index (χ4n) is 3.14. The molecule has 0 amide bonds. The molecule has 2 rings (SSSR count). The Bertz CT molecular complexity index is 493. The van der Waals surface area contributed by atoms with Gasteiger partial charge in [0.25, 0.3) is 0 Å². The highest BCUT2D eigenvalue weighted by Crippen LogP contribution is 2.45. The molecule has 20 heavy (non-hydrogen) atoms. The van der Waals surface area contributed by atoms with Crippen LogP contribution in [0.5, 0.6) is 11.5 Å². The first kappa shape index (κ1) is 14.9. The zero-order valence-corrected chi connectivity index (χ0v) is 12.9. The molecule has 0 saturated carbocycles. The van der Waals surface area contributed by atoms with Crippen LogP contribution >= 0.6 is 0 Å². The monoisotopic (exact) mass is 276 g/mol. The van der Waals surface area contributed by atoms with Crippen molar-refractivity contribution in [2.75, 3.05) is 14.2 Å². The van der Waals surface area contributed by atoms with Crippen LogP contribution in [0.25, 0.3) is 0 Å². The second kappa shape index (κ2) is 6.29. The number of rotatable bonds is 6. The quantitative estimate of drug-likeness (QED) is 0.730. The Labute approximate surface area is 121 Å². The number of benzene rings is 1. The number of carbonyl (C=O) groups is 1. The summed E-state index contributed by atoms with van der Waals surface area (Å²) in [4.78, 5) is 12.7. The first-order chi connectivity index (χ1) is 9.63. The van der Waals surface area contributed by atoms with Gasteiger partial charge in [0, 0.05) is 12.0 Å². The Hall–Kier alpha value is -1.51. The van der Waals surface area contributed by atoms with Crippen LogP contribution in [0.4, 0.5) is 0 Å². The van der Waals surface area contributed by atoms with Gasteiger partial charge in [-0.15, -0.1) is 0 Å². The summed E-state index contributed by atoms with van der Waals surface area (Å²) in [5.41, 5.74) is 1.84. The molecule has 0 unspecified atom stereocenters. The summed E-state index contributed by atoms with van der Waals surface area (Å²) in [5, 5.41) is 0. The maximum absolute atomic E-state index is 12.7. The fraction of sp³-hybridized carbons (Fsp3) is 0.588. The molecule has 0 N–H and O–H groups in total. The summed E-state index contributed by atoms with van der Waals surface area (Å²) in [6, 6.07) is 3.79. The number of methoxy groups -OCH3 is 2. The topological polar surface area (TPSA) is 35.5 Å². The number of hydrogen-bond donors (Lipinski definition) is 0. The van der Waals surface area contributed by atoms with Crippen molar-refractivity contribution in [1.82, 2.24) is 0 Å². The van der Waals surface area contributed by atoms with E-state index in [2.05, 4.69) is 13.8 Å². The molecule has 0 radical (unpaired) electrons. The predicted octanol–water partition coefficient (Wildman–Crippen LogP) is 4.20.